The van der Waals surface area contributed by atoms with E-state index in [1.54, 1.807) is 23.7 Å². The number of halogens is 1. The number of ether oxygens (including phenoxy) is 3. The number of morpholine rings is 1. The molecule has 1 fully saturated rings. The maximum atomic E-state index is 14.4. The van der Waals surface area contributed by atoms with Crippen molar-refractivity contribution in [3.05, 3.63) is 59.4 Å². The van der Waals surface area contributed by atoms with Crippen LogP contribution in [0.3, 0.4) is 0 Å². The van der Waals surface area contributed by atoms with Gasteiger partial charge in [0.05, 0.1) is 26.0 Å². The van der Waals surface area contributed by atoms with E-state index in [4.69, 9.17) is 14.2 Å². The predicted octanol–water partition coefficient (Wildman–Crippen LogP) is 4.56. The Morgan fingerprint density at radius 3 is 2.81 bits per heavy atom. The van der Waals surface area contributed by atoms with E-state index in [1.165, 1.54) is 30.6 Å². The number of anilines is 2. The molecule has 0 bridgehead atoms. The highest BCUT2D eigenvalue weighted by Crippen LogP contribution is 2.37. The average Bonchev–Trinajstić information content (AvgIpc) is 3.30. The molecule has 0 aliphatic carbocycles. The normalized spacial score (nSPS) is 14.1. The van der Waals surface area contributed by atoms with E-state index in [2.05, 4.69) is 20.5 Å². The molecule has 4 rings (SSSR count). The van der Waals surface area contributed by atoms with E-state index in [0.29, 0.717) is 30.6 Å². The maximum absolute atomic E-state index is 14.4. The van der Waals surface area contributed by atoms with Crippen LogP contribution in [0.25, 0.3) is 0 Å². The fourth-order valence-electron chi connectivity index (χ4n) is 3.27. The van der Waals surface area contributed by atoms with Crippen LogP contribution in [0.4, 0.5) is 20.0 Å². The number of methoxy groups -OCH3 is 1. The summed E-state index contributed by atoms with van der Waals surface area (Å²) in [5.74, 6) is -0.0896. The Morgan fingerprint density at radius 1 is 1.22 bits per heavy atom. The molecule has 8 nitrogen and oxygen atoms in total. The van der Waals surface area contributed by atoms with Crippen LogP contribution in [-0.4, -0.2) is 49.3 Å². The van der Waals surface area contributed by atoms with Gasteiger partial charge in [-0.2, -0.15) is 0 Å². The molecule has 0 spiro atoms. The largest absolute Gasteiger partial charge is 0.493 e. The molecule has 0 atom stereocenters. The number of rotatable bonds is 7. The molecule has 2 heterocycles. The molecule has 32 heavy (non-hydrogen) atoms. The summed E-state index contributed by atoms with van der Waals surface area (Å²) in [5.41, 5.74) is 1.37. The Kier molecular flexibility index (Phi) is 7.15. The van der Waals surface area contributed by atoms with Crippen LogP contribution in [0.1, 0.15) is 5.56 Å². The van der Waals surface area contributed by atoms with E-state index < -0.39 is 11.8 Å². The van der Waals surface area contributed by atoms with E-state index in [0.717, 1.165) is 18.7 Å². The fraction of sp³-hybridized carbons (Fsp3) is 0.273. The summed E-state index contributed by atoms with van der Waals surface area (Å²) in [6, 6.07) is 9.37. The Bertz CT molecular complexity index is 1060. The van der Waals surface area contributed by atoms with Gasteiger partial charge in [-0.1, -0.05) is 12.1 Å². The minimum absolute atomic E-state index is 0.0562. The number of aromatic nitrogens is 1. The second-order valence-electron chi connectivity index (χ2n) is 7.01. The molecule has 0 radical (unpaired) electrons. The first-order chi connectivity index (χ1) is 15.6. The zero-order chi connectivity index (χ0) is 22.3. The van der Waals surface area contributed by atoms with Gasteiger partial charge in [0.1, 0.15) is 0 Å². The SMILES string of the molecule is COc1cccc(F)c1Oc1ccc(CN2CCOCC2)cc1NC(=O)Nc1nccs1. The van der Waals surface area contributed by atoms with Crippen LogP contribution in [0.5, 0.6) is 17.2 Å². The minimum atomic E-state index is -0.570. The Balaban J connectivity index is 1.59. The summed E-state index contributed by atoms with van der Waals surface area (Å²) in [6.45, 7) is 3.73. The fourth-order valence-corrected chi connectivity index (χ4v) is 3.80. The number of hydrogen-bond donors (Lipinski definition) is 2. The predicted molar refractivity (Wildman–Crippen MR) is 120 cm³/mol. The zero-order valence-electron chi connectivity index (χ0n) is 17.5. The van der Waals surface area contributed by atoms with Crippen molar-refractivity contribution in [1.29, 1.82) is 0 Å². The third-order valence-corrected chi connectivity index (χ3v) is 5.51. The van der Waals surface area contributed by atoms with E-state index >= 15 is 0 Å². The first-order valence-electron chi connectivity index (χ1n) is 10.0. The van der Waals surface area contributed by atoms with E-state index in [-0.39, 0.29) is 17.2 Å². The van der Waals surface area contributed by atoms with Crippen LogP contribution in [0, 0.1) is 5.82 Å². The summed E-state index contributed by atoms with van der Waals surface area (Å²) < 4.78 is 30.9. The molecule has 2 aromatic carbocycles. The van der Waals surface area contributed by atoms with Crippen LogP contribution >= 0.6 is 11.3 Å². The number of nitrogens with zero attached hydrogens (tertiary/aromatic N) is 2. The van der Waals surface area contributed by atoms with E-state index in [1.807, 2.05) is 12.1 Å². The summed E-state index contributed by atoms with van der Waals surface area (Å²) >= 11 is 1.30. The molecule has 0 saturated carbocycles. The quantitative estimate of drug-likeness (QED) is 0.540. The van der Waals surface area contributed by atoms with Gasteiger partial charge in [-0.25, -0.2) is 14.2 Å². The molecule has 1 aliphatic rings. The standard InChI is InChI=1S/C22H23FN4O4S/c1-29-19-4-2-3-16(23)20(19)31-18-6-5-15(14-27-8-10-30-11-9-27)13-17(18)25-21(28)26-22-24-7-12-32-22/h2-7,12-13H,8-11,14H2,1H3,(H2,24,25,26,28). The molecule has 3 aromatic rings. The van der Waals surface area contributed by atoms with Crippen molar-refractivity contribution in [1.82, 2.24) is 9.88 Å². The van der Waals surface area contributed by atoms with E-state index in [9.17, 15) is 9.18 Å². The highest BCUT2D eigenvalue weighted by Gasteiger charge is 2.17. The lowest BCUT2D eigenvalue weighted by Gasteiger charge is -2.27. The lowest BCUT2D eigenvalue weighted by atomic mass is 10.1. The van der Waals surface area contributed by atoms with Gasteiger partial charge in [0.2, 0.25) is 5.75 Å². The van der Waals surface area contributed by atoms with Crippen molar-refractivity contribution in [3.63, 3.8) is 0 Å². The molecule has 10 heteroatoms. The van der Waals surface area contributed by atoms with Crippen molar-refractivity contribution >= 4 is 28.2 Å². The zero-order valence-corrected chi connectivity index (χ0v) is 18.3. The number of thiazole rings is 1. The Labute approximate surface area is 188 Å². The number of nitrogens with one attached hydrogen (secondary N) is 2. The van der Waals surface area contributed by atoms with Gasteiger partial charge in [0.25, 0.3) is 0 Å². The van der Waals surface area contributed by atoms with Gasteiger partial charge < -0.3 is 19.5 Å². The number of hydrogen-bond acceptors (Lipinski definition) is 7. The van der Waals surface area contributed by atoms with Crippen molar-refractivity contribution < 1.29 is 23.4 Å². The molecule has 168 valence electrons. The molecule has 1 aliphatic heterocycles. The molecule has 1 aromatic heterocycles. The summed E-state index contributed by atoms with van der Waals surface area (Å²) in [5, 5.41) is 7.69. The number of carbonyl (C=O) groups is 1. The van der Waals surface area contributed by atoms with Crippen LogP contribution in [0.2, 0.25) is 0 Å². The summed E-state index contributed by atoms with van der Waals surface area (Å²) in [6.07, 6.45) is 1.60. The molecular weight excluding hydrogens is 435 g/mol. The van der Waals surface area contributed by atoms with Gasteiger partial charge >= 0.3 is 6.03 Å². The maximum Gasteiger partial charge on any atom is 0.325 e. The average molecular weight is 459 g/mol. The number of benzene rings is 2. The number of carbonyl (C=O) groups excluding carboxylic acids is 1. The smallest absolute Gasteiger partial charge is 0.325 e. The molecule has 0 unspecified atom stereocenters. The van der Waals surface area contributed by atoms with Crippen molar-refractivity contribution in [2.24, 2.45) is 0 Å². The number of urea groups is 1. The highest BCUT2D eigenvalue weighted by atomic mass is 32.1. The van der Waals surface area contributed by atoms with Gasteiger partial charge in [-0.15, -0.1) is 11.3 Å². The first-order valence-corrected chi connectivity index (χ1v) is 10.9. The summed E-state index contributed by atoms with van der Waals surface area (Å²) in [4.78, 5) is 18.8. The molecule has 2 amide bonds. The number of amides is 2. The van der Waals surface area contributed by atoms with Crippen LogP contribution in [-0.2, 0) is 11.3 Å². The third-order valence-electron chi connectivity index (χ3n) is 4.82. The molecule has 2 N–H and O–H groups in total. The van der Waals surface area contributed by atoms with Gasteiger partial charge in [-0.05, 0) is 29.8 Å². The van der Waals surface area contributed by atoms with Gasteiger partial charge in [0, 0.05) is 31.2 Å². The minimum Gasteiger partial charge on any atom is -0.493 e. The highest BCUT2D eigenvalue weighted by molar-refractivity contribution is 7.13. The second-order valence-corrected chi connectivity index (χ2v) is 7.90. The monoisotopic (exact) mass is 458 g/mol. The summed E-state index contributed by atoms with van der Waals surface area (Å²) in [7, 11) is 1.44. The van der Waals surface area contributed by atoms with Crippen molar-refractivity contribution in [3.8, 4) is 17.2 Å². The van der Waals surface area contributed by atoms with Crippen molar-refractivity contribution in [2.75, 3.05) is 44.0 Å². The van der Waals surface area contributed by atoms with Crippen molar-refractivity contribution in [2.45, 2.75) is 6.54 Å². The first kappa shape index (κ1) is 22.0. The lowest BCUT2D eigenvalue weighted by molar-refractivity contribution is 0.0342. The third kappa shape index (κ3) is 5.52. The van der Waals surface area contributed by atoms with Crippen LogP contribution < -0.4 is 20.1 Å². The molecular formula is C22H23FN4O4S. The van der Waals surface area contributed by atoms with Crippen LogP contribution in [0.15, 0.2) is 48.0 Å². The van der Waals surface area contributed by atoms with Gasteiger partial charge in [-0.3, -0.25) is 10.2 Å². The topological polar surface area (TPSA) is 85.0 Å². The number of para-hydroxylation sites is 1. The Hall–Kier alpha value is -3.21. The Morgan fingerprint density at radius 2 is 2.06 bits per heavy atom. The molecule has 1 saturated heterocycles. The lowest BCUT2D eigenvalue weighted by Crippen LogP contribution is -2.35. The van der Waals surface area contributed by atoms with Gasteiger partial charge in [0.15, 0.2) is 22.4 Å². The second kappa shape index (κ2) is 10.4.